The van der Waals surface area contributed by atoms with Crippen LogP contribution in [0.4, 0.5) is 0 Å². The molecule has 1 atom stereocenters. The topological polar surface area (TPSA) is 63.1 Å². The third-order valence-electron chi connectivity index (χ3n) is 4.82. The average molecular weight is 317 g/mol. The van der Waals surface area contributed by atoms with Crippen molar-refractivity contribution in [3.63, 3.8) is 0 Å². The van der Waals surface area contributed by atoms with Crippen molar-refractivity contribution in [3.8, 4) is 0 Å². The highest BCUT2D eigenvalue weighted by atomic mass is 16.2. The van der Waals surface area contributed by atoms with Gasteiger partial charge in [0.2, 0.25) is 5.91 Å². The van der Waals surface area contributed by atoms with E-state index in [1.165, 1.54) is 19.3 Å². The summed E-state index contributed by atoms with van der Waals surface area (Å²) in [6.07, 6.45) is 8.74. The molecule has 23 heavy (non-hydrogen) atoms. The molecular weight excluding hydrogens is 290 g/mol. The van der Waals surface area contributed by atoms with Gasteiger partial charge in [0.15, 0.2) is 0 Å². The number of piperidine rings is 1. The van der Waals surface area contributed by atoms with E-state index in [0.29, 0.717) is 19.0 Å². The Bertz CT molecular complexity index is 553. The number of carbonyl (C=O) groups is 1. The van der Waals surface area contributed by atoms with Crippen molar-refractivity contribution in [2.24, 2.45) is 0 Å². The van der Waals surface area contributed by atoms with Gasteiger partial charge in [-0.05, 0) is 32.2 Å². The molecule has 0 aliphatic carbocycles. The Morgan fingerprint density at radius 2 is 2.17 bits per heavy atom. The molecule has 1 amide bonds. The van der Waals surface area contributed by atoms with E-state index in [9.17, 15) is 4.79 Å². The van der Waals surface area contributed by atoms with E-state index in [2.05, 4.69) is 31.6 Å². The van der Waals surface area contributed by atoms with E-state index in [0.717, 1.165) is 50.5 Å². The van der Waals surface area contributed by atoms with Crippen LogP contribution in [0.25, 0.3) is 0 Å². The normalized spacial score (nSPS) is 22.2. The summed E-state index contributed by atoms with van der Waals surface area (Å²) in [5, 5.41) is 11.8. The number of aromatic nitrogens is 3. The van der Waals surface area contributed by atoms with Gasteiger partial charge in [0.25, 0.3) is 0 Å². The summed E-state index contributed by atoms with van der Waals surface area (Å²) in [5.74, 6) is 2.76. The molecule has 1 saturated heterocycles. The first-order valence-corrected chi connectivity index (χ1v) is 8.80. The van der Waals surface area contributed by atoms with Gasteiger partial charge in [0, 0.05) is 32.0 Å². The molecular formula is C17H27N5O. The van der Waals surface area contributed by atoms with Crippen molar-refractivity contribution in [3.05, 3.63) is 24.3 Å². The predicted molar refractivity (Wildman–Crippen MR) is 89.2 cm³/mol. The molecule has 2 aliphatic heterocycles. The van der Waals surface area contributed by atoms with Gasteiger partial charge in [0.1, 0.15) is 11.6 Å². The molecule has 3 heterocycles. The minimum absolute atomic E-state index is 0.0747. The highest BCUT2D eigenvalue weighted by molar-refractivity contribution is 5.78. The van der Waals surface area contributed by atoms with E-state index in [1.54, 1.807) is 6.08 Å². The number of carbonyl (C=O) groups excluding carboxylic acids is 1. The van der Waals surface area contributed by atoms with E-state index in [1.807, 2.05) is 0 Å². The van der Waals surface area contributed by atoms with E-state index in [4.69, 9.17) is 0 Å². The summed E-state index contributed by atoms with van der Waals surface area (Å²) in [6, 6.07) is 0. The Morgan fingerprint density at radius 3 is 3.04 bits per heavy atom. The first-order valence-electron chi connectivity index (χ1n) is 8.80. The Labute approximate surface area is 138 Å². The highest BCUT2D eigenvalue weighted by Gasteiger charge is 2.28. The summed E-state index contributed by atoms with van der Waals surface area (Å²) in [4.78, 5) is 14.1. The van der Waals surface area contributed by atoms with Crippen LogP contribution >= 0.6 is 0 Å². The van der Waals surface area contributed by atoms with Crippen LogP contribution < -0.4 is 5.32 Å². The number of likely N-dealkylation sites (tertiary alicyclic amines) is 1. The van der Waals surface area contributed by atoms with Gasteiger partial charge in [0.05, 0.1) is 6.54 Å². The van der Waals surface area contributed by atoms with Crippen molar-refractivity contribution >= 4 is 5.91 Å². The third-order valence-corrected chi connectivity index (χ3v) is 4.82. The average Bonchev–Trinajstić information content (AvgIpc) is 2.82. The summed E-state index contributed by atoms with van der Waals surface area (Å²) >= 11 is 0. The van der Waals surface area contributed by atoms with Crippen LogP contribution in [0.3, 0.4) is 0 Å². The molecule has 126 valence electrons. The molecule has 1 N–H and O–H groups in total. The number of fused-ring (bicyclic) bond motifs is 1. The highest BCUT2D eigenvalue weighted by Crippen LogP contribution is 2.27. The Hall–Kier alpha value is -1.69. The Balaban J connectivity index is 1.63. The molecule has 0 radical (unpaired) electrons. The molecule has 3 rings (SSSR count). The quantitative estimate of drug-likeness (QED) is 0.836. The summed E-state index contributed by atoms with van der Waals surface area (Å²) in [7, 11) is 0. The van der Waals surface area contributed by atoms with Crippen molar-refractivity contribution < 1.29 is 4.79 Å². The Kier molecular flexibility index (Phi) is 5.43. The van der Waals surface area contributed by atoms with E-state index < -0.39 is 0 Å². The molecule has 0 bridgehead atoms. The first-order chi connectivity index (χ1) is 11.3. The van der Waals surface area contributed by atoms with Gasteiger partial charge in [-0.25, -0.2) is 0 Å². The minimum atomic E-state index is 0.0747. The monoisotopic (exact) mass is 317 g/mol. The number of hydrogen-bond acceptors (Lipinski definition) is 4. The first kappa shape index (κ1) is 16.2. The molecule has 1 fully saturated rings. The lowest BCUT2D eigenvalue weighted by molar-refractivity contribution is -0.122. The number of nitrogens with zero attached hydrogens (tertiary/aromatic N) is 4. The van der Waals surface area contributed by atoms with Crippen LogP contribution in [0.2, 0.25) is 0 Å². The van der Waals surface area contributed by atoms with Gasteiger partial charge in [-0.2, -0.15) is 0 Å². The molecule has 0 saturated carbocycles. The van der Waals surface area contributed by atoms with Gasteiger partial charge in [-0.3, -0.25) is 9.69 Å². The zero-order valence-corrected chi connectivity index (χ0v) is 13.8. The molecule has 6 heteroatoms. The molecule has 1 aromatic rings. The van der Waals surface area contributed by atoms with Crippen molar-refractivity contribution in [2.45, 2.75) is 51.0 Å². The van der Waals surface area contributed by atoms with E-state index >= 15 is 0 Å². The maximum Gasteiger partial charge on any atom is 0.234 e. The maximum absolute atomic E-state index is 11.9. The fraction of sp³-hybridized carbons (Fsp3) is 0.706. The van der Waals surface area contributed by atoms with Crippen LogP contribution in [0.15, 0.2) is 12.7 Å². The number of hydrogen-bond donors (Lipinski definition) is 1. The van der Waals surface area contributed by atoms with Crippen LogP contribution in [-0.4, -0.2) is 51.8 Å². The van der Waals surface area contributed by atoms with Gasteiger partial charge in [-0.15, -0.1) is 16.8 Å². The van der Waals surface area contributed by atoms with Crippen LogP contribution in [-0.2, 0) is 17.8 Å². The SMILES string of the molecule is C=CCNC(=O)CN1CCCC(c2nnc3n2CCCCC3)C1. The zero-order chi connectivity index (χ0) is 16.1. The van der Waals surface area contributed by atoms with Crippen molar-refractivity contribution in [1.82, 2.24) is 25.0 Å². The second-order valence-electron chi connectivity index (χ2n) is 6.60. The molecule has 1 unspecified atom stereocenters. The minimum Gasteiger partial charge on any atom is -0.352 e. The van der Waals surface area contributed by atoms with Crippen molar-refractivity contribution in [1.29, 1.82) is 0 Å². The standard InChI is InChI=1S/C17H27N5O/c1-2-9-18-16(23)13-21-10-6-7-14(12-21)17-20-19-15-8-4-3-5-11-22(15)17/h2,14H,1,3-13H2,(H,18,23). The van der Waals surface area contributed by atoms with Gasteiger partial charge < -0.3 is 9.88 Å². The zero-order valence-electron chi connectivity index (χ0n) is 13.8. The number of aryl methyl sites for hydroxylation is 1. The second kappa shape index (κ2) is 7.73. The number of nitrogens with one attached hydrogen (secondary N) is 1. The molecule has 1 aromatic heterocycles. The smallest absolute Gasteiger partial charge is 0.234 e. The molecule has 0 aromatic carbocycles. The molecule has 0 spiro atoms. The second-order valence-corrected chi connectivity index (χ2v) is 6.60. The Morgan fingerprint density at radius 1 is 1.26 bits per heavy atom. The van der Waals surface area contributed by atoms with Crippen LogP contribution in [0, 0.1) is 0 Å². The van der Waals surface area contributed by atoms with Crippen molar-refractivity contribution in [2.75, 3.05) is 26.2 Å². The van der Waals surface area contributed by atoms with Gasteiger partial charge >= 0.3 is 0 Å². The van der Waals surface area contributed by atoms with E-state index in [-0.39, 0.29) is 5.91 Å². The summed E-state index contributed by atoms with van der Waals surface area (Å²) in [5.41, 5.74) is 0. The lowest BCUT2D eigenvalue weighted by Gasteiger charge is -2.31. The number of amides is 1. The fourth-order valence-corrected chi connectivity index (χ4v) is 3.66. The lowest BCUT2D eigenvalue weighted by atomic mass is 9.97. The maximum atomic E-state index is 11.9. The summed E-state index contributed by atoms with van der Waals surface area (Å²) in [6.45, 7) is 7.56. The molecule has 2 aliphatic rings. The predicted octanol–water partition coefficient (Wildman–Crippen LogP) is 1.49. The number of rotatable bonds is 5. The largest absolute Gasteiger partial charge is 0.352 e. The molecule has 6 nitrogen and oxygen atoms in total. The lowest BCUT2D eigenvalue weighted by Crippen LogP contribution is -2.42. The summed E-state index contributed by atoms with van der Waals surface area (Å²) < 4.78 is 2.35. The fourth-order valence-electron chi connectivity index (χ4n) is 3.66. The third kappa shape index (κ3) is 3.99. The van der Waals surface area contributed by atoms with Crippen LogP contribution in [0.1, 0.15) is 49.7 Å². The van der Waals surface area contributed by atoms with Gasteiger partial charge in [-0.1, -0.05) is 12.5 Å². The van der Waals surface area contributed by atoms with Crippen LogP contribution in [0.5, 0.6) is 0 Å².